The van der Waals surface area contributed by atoms with Crippen LogP contribution in [-0.4, -0.2) is 35.6 Å². The molecule has 1 heterocycles. The zero-order valence-electron chi connectivity index (χ0n) is 11.6. The predicted octanol–water partition coefficient (Wildman–Crippen LogP) is 1.37. The zero-order chi connectivity index (χ0) is 15.6. The molecule has 0 bridgehead atoms. The first-order chi connectivity index (χ1) is 9.90. The van der Waals surface area contributed by atoms with E-state index in [1.165, 1.54) is 16.4 Å². The van der Waals surface area contributed by atoms with Crippen LogP contribution in [0.25, 0.3) is 0 Å². The van der Waals surface area contributed by atoms with Crippen molar-refractivity contribution in [2.75, 3.05) is 6.54 Å². The largest absolute Gasteiger partial charge is 0.478 e. The average Bonchev–Trinajstić information content (AvgIpc) is 2.47. The van der Waals surface area contributed by atoms with Crippen LogP contribution in [-0.2, 0) is 23.0 Å². The third kappa shape index (κ3) is 2.91. The summed E-state index contributed by atoms with van der Waals surface area (Å²) >= 11 is 0. The molecule has 0 saturated heterocycles. The standard InChI is InChI=1S/C14H16N2O4S/c1-2-13(8-15)21(19,20)16-6-5-10-3-4-11(14(17)18)7-12(10)9-16/h3-4,7,13H,2,5-6,9H2,1H3,(H,17,18). The van der Waals surface area contributed by atoms with Crippen LogP contribution < -0.4 is 0 Å². The highest BCUT2D eigenvalue weighted by Crippen LogP contribution is 2.24. The van der Waals surface area contributed by atoms with E-state index >= 15 is 0 Å². The molecule has 1 N–H and O–H groups in total. The first-order valence-electron chi connectivity index (χ1n) is 6.63. The van der Waals surface area contributed by atoms with E-state index in [1.54, 1.807) is 13.0 Å². The third-order valence-corrected chi connectivity index (χ3v) is 5.85. The molecule has 0 saturated carbocycles. The lowest BCUT2D eigenvalue weighted by molar-refractivity contribution is 0.0696. The molecule has 0 radical (unpaired) electrons. The Bertz CT molecular complexity index is 706. The van der Waals surface area contributed by atoms with Crippen LogP contribution in [0.2, 0.25) is 0 Å². The van der Waals surface area contributed by atoms with E-state index in [0.717, 1.165) is 5.56 Å². The molecule has 21 heavy (non-hydrogen) atoms. The highest BCUT2D eigenvalue weighted by Gasteiger charge is 2.33. The smallest absolute Gasteiger partial charge is 0.335 e. The Labute approximate surface area is 123 Å². The number of carbonyl (C=O) groups is 1. The summed E-state index contributed by atoms with van der Waals surface area (Å²) in [4.78, 5) is 11.0. The van der Waals surface area contributed by atoms with Crippen molar-refractivity contribution in [3.63, 3.8) is 0 Å². The minimum atomic E-state index is -3.68. The number of carboxylic acids is 1. The summed E-state index contributed by atoms with van der Waals surface area (Å²) in [6, 6.07) is 6.58. The van der Waals surface area contributed by atoms with Gasteiger partial charge in [0.25, 0.3) is 0 Å². The molecule has 1 aliphatic rings. The number of hydrogen-bond acceptors (Lipinski definition) is 4. The van der Waals surface area contributed by atoms with Gasteiger partial charge in [-0.3, -0.25) is 0 Å². The lowest BCUT2D eigenvalue weighted by Crippen LogP contribution is -2.41. The Kier molecular flexibility index (Phi) is 4.30. The number of rotatable bonds is 4. The number of aromatic carboxylic acids is 1. The van der Waals surface area contributed by atoms with Crippen LogP contribution in [0.4, 0.5) is 0 Å². The Morgan fingerprint density at radius 2 is 2.19 bits per heavy atom. The van der Waals surface area contributed by atoms with Gasteiger partial charge in [-0.15, -0.1) is 0 Å². The van der Waals surface area contributed by atoms with E-state index in [0.29, 0.717) is 18.5 Å². The lowest BCUT2D eigenvalue weighted by Gasteiger charge is -2.29. The second kappa shape index (κ2) is 5.84. The first kappa shape index (κ1) is 15.5. The van der Waals surface area contributed by atoms with Gasteiger partial charge in [-0.2, -0.15) is 9.57 Å². The second-order valence-corrected chi connectivity index (χ2v) is 7.06. The van der Waals surface area contributed by atoms with E-state index in [2.05, 4.69) is 0 Å². The summed E-state index contributed by atoms with van der Waals surface area (Å²) in [5.41, 5.74) is 1.79. The molecular weight excluding hydrogens is 292 g/mol. The first-order valence-corrected chi connectivity index (χ1v) is 8.14. The quantitative estimate of drug-likeness (QED) is 0.906. The van der Waals surface area contributed by atoms with E-state index in [-0.39, 0.29) is 18.5 Å². The summed E-state index contributed by atoms with van der Waals surface area (Å²) in [5, 5.41) is 16.9. The van der Waals surface area contributed by atoms with Crippen molar-refractivity contribution in [2.45, 2.75) is 31.6 Å². The highest BCUT2D eigenvalue weighted by atomic mass is 32.2. The third-order valence-electron chi connectivity index (χ3n) is 3.66. The number of nitrogens with zero attached hydrogens (tertiary/aromatic N) is 2. The molecule has 2 rings (SSSR count). The summed E-state index contributed by atoms with van der Waals surface area (Å²) < 4.78 is 26.0. The van der Waals surface area contributed by atoms with Crippen molar-refractivity contribution in [3.05, 3.63) is 34.9 Å². The van der Waals surface area contributed by atoms with Gasteiger partial charge in [-0.25, -0.2) is 13.2 Å². The number of benzene rings is 1. The molecule has 112 valence electrons. The number of nitriles is 1. The second-order valence-electron chi connectivity index (χ2n) is 4.94. The van der Waals surface area contributed by atoms with Crippen molar-refractivity contribution in [3.8, 4) is 6.07 Å². The fourth-order valence-electron chi connectivity index (χ4n) is 2.43. The van der Waals surface area contributed by atoms with E-state index in [9.17, 15) is 13.2 Å². The number of sulfonamides is 1. The van der Waals surface area contributed by atoms with Crippen LogP contribution >= 0.6 is 0 Å². The predicted molar refractivity (Wildman–Crippen MR) is 76.1 cm³/mol. The van der Waals surface area contributed by atoms with E-state index < -0.39 is 21.2 Å². The topological polar surface area (TPSA) is 98.5 Å². The molecule has 1 atom stereocenters. The fourth-order valence-corrected chi connectivity index (χ4v) is 4.01. The fraction of sp³-hybridized carbons (Fsp3) is 0.429. The summed E-state index contributed by atoms with van der Waals surface area (Å²) in [6.45, 7) is 2.10. The lowest BCUT2D eigenvalue weighted by atomic mass is 9.99. The van der Waals surface area contributed by atoms with Gasteiger partial charge in [-0.1, -0.05) is 13.0 Å². The van der Waals surface area contributed by atoms with Crippen LogP contribution in [0.1, 0.15) is 34.8 Å². The normalized spacial score (nSPS) is 16.8. The van der Waals surface area contributed by atoms with Crippen molar-refractivity contribution in [2.24, 2.45) is 0 Å². The molecule has 0 spiro atoms. The molecule has 0 aliphatic carbocycles. The van der Waals surface area contributed by atoms with Gasteiger partial charge in [0.1, 0.15) is 0 Å². The van der Waals surface area contributed by atoms with Crippen LogP contribution in [0.3, 0.4) is 0 Å². The summed E-state index contributed by atoms with van der Waals surface area (Å²) in [5.74, 6) is -1.04. The van der Waals surface area contributed by atoms with Crippen molar-refractivity contribution in [1.82, 2.24) is 4.31 Å². The average molecular weight is 308 g/mol. The SMILES string of the molecule is CCC(C#N)S(=O)(=O)N1CCc2ccc(C(=O)O)cc2C1. The minimum Gasteiger partial charge on any atom is -0.478 e. The summed E-state index contributed by atoms with van der Waals surface area (Å²) in [7, 11) is -3.68. The van der Waals surface area contributed by atoms with Gasteiger partial charge in [-0.05, 0) is 36.1 Å². The number of hydrogen-bond donors (Lipinski definition) is 1. The van der Waals surface area contributed by atoms with Gasteiger partial charge in [0.05, 0.1) is 11.6 Å². The highest BCUT2D eigenvalue weighted by molar-refractivity contribution is 7.89. The Morgan fingerprint density at radius 1 is 1.48 bits per heavy atom. The maximum absolute atomic E-state index is 12.4. The van der Waals surface area contributed by atoms with Crippen LogP contribution in [0.5, 0.6) is 0 Å². The van der Waals surface area contributed by atoms with Crippen LogP contribution in [0.15, 0.2) is 18.2 Å². The minimum absolute atomic E-state index is 0.122. The van der Waals surface area contributed by atoms with Gasteiger partial charge >= 0.3 is 5.97 Å². The van der Waals surface area contributed by atoms with Crippen molar-refractivity contribution < 1.29 is 18.3 Å². The maximum atomic E-state index is 12.4. The molecule has 1 aliphatic heterocycles. The molecule has 6 nitrogen and oxygen atoms in total. The molecule has 1 unspecified atom stereocenters. The number of fused-ring (bicyclic) bond motifs is 1. The molecular formula is C14H16N2O4S. The van der Waals surface area contributed by atoms with Gasteiger partial charge < -0.3 is 5.11 Å². The number of carboxylic acid groups (broad SMARTS) is 1. The molecule has 0 aromatic heterocycles. The summed E-state index contributed by atoms with van der Waals surface area (Å²) in [6.07, 6.45) is 0.758. The Hall–Kier alpha value is -1.91. The zero-order valence-corrected chi connectivity index (χ0v) is 12.4. The maximum Gasteiger partial charge on any atom is 0.335 e. The van der Waals surface area contributed by atoms with Crippen molar-refractivity contribution in [1.29, 1.82) is 5.26 Å². The van der Waals surface area contributed by atoms with E-state index in [4.69, 9.17) is 10.4 Å². The van der Waals surface area contributed by atoms with Gasteiger partial charge in [0.2, 0.25) is 10.0 Å². The molecule has 0 fully saturated rings. The molecule has 0 amide bonds. The Balaban J connectivity index is 2.32. The molecule has 1 aromatic rings. The van der Waals surface area contributed by atoms with Gasteiger partial charge in [0.15, 0.2) is 5.25 Å². The van der Waals surface area contributed by atoms with Crippen molar-refractivity contribution >= 4 is 16.0 Å². The monoisotopic (exact) mass is 308 g/mol. The molecule has 1 aromatic carbocycles. The van der Waals surface area contributed by atoms with E-state index in [1.807, 2.05) is 6.07 Å². The van der Waals surface area contributed by atoms with Crippen LogP contribution in [0, 0.1) is 11.3 Å². The van der Waals surface area contributed by atoms with Gasteiger partial charge in [0, 0.05) is 13.1 Å². The molecule has 7 heteroatoms. The Morgan fingerprint density at radius 3 is 2.76 bits per heavy atom.